The van der Waals surface area contributed by atoms with E-state index in [-0.39, 0.29) is 18.4 Å². The van der Waals surface area contributed by atoms with Gasteiger partial charge in [-0.05, 0) is 48.0 Å². The van der Waals surface area contributed by atoms with Gasteiger partial charge in [0.2, 0.25) is 0 Å². The van der Waals surface area contributed by atoms with Crippen LogP contribution in [-0.4, -0.2) is 69.5 Å². The standard InChI is InChI=1S/C23H27N3OS.CH2O2/c27-23(18-7-4-10-24-13-18)26-15-19-14-25(20-8-11-28-12-9-20)16-21(19)22(26)17-5-2-1-3-6-17;2-1-3/h1-7,10,13,19-22H,8-9,11-12,14-16H2;1H,(H,2,3)/t19-,21-,22+;/m0./s1. The van der Waals surface area contributed by atoms with Gasteiger partial charge < -0.3 is 10.0 Å². The number of likely N-dealkylation sites (tertiary alicyclic amines) is 2. The Morgan fingerprint density at radius 3 is 2.48 bits per heavy atom. The molecule has 5 rings (SSSR count). The first-order chi connectivity index (χ1) is 15.2. The number of carboxylic acid groups (broad SMARTS) is 1. The average Bonchev–Trinajstić information content (AvgIpc) is 3.39. The maximum absolute atomic E-state index is 13.3. The fourth-order valence-electron chi connectivity index (χ4n) is 5.37. The quantitative estimate of drug-likeness (QED) is 0.739. The van der Waals surface area contributed by atoms with Gasteiger partial charge in [0, 0.05) is 44.0 Å². The maximum Gasteiger partial charge on any atom is 0.290 e. The fraction of sp³-hybridized carbons (Fsp3) is 0.458. The van der Waals surface area contributed by atoms with Crippen molar-refractivity contribution in [2.24, 2.45) is 11.8 Å². The molecule has 3 saturated heterocycles. The van der Waals surface area contributed by atoms with E-state index in [1.165, 1.54) is 29.9 Å². The Labute approximate surface area is 187 Å². The van der Waals surface area contributed by atoms with Crippen LogP contribution in [0.25, 0.3) is 0 Å². The molecule has 3 atom stereocenters. The lowest BCUT2D eigenvalue weighted by Gasteiger charge is -2.34. The summed E-state index contributed by atoms with van der Waals surface area (Å²) in [5, 5.41) is 6.89. The molecule has 1 aromatic heterocycles. The lowest BCUT2D eigenvalue weighted by molar-refractivity contribution is -0.122. The third kappa shape index (κ3) is 4.77. The third-order valence-electron chi connectivity index (χ3n) is 6.71. The third-order valence-corrected chi connectivity index (χ3v) is 7.76. The molecular weight excluding hydrogens is 410 g/mol. The van der Waals surface area contributed by atoms with E-state index in [1.807, 2.05) is 12.1 Å². The number of pyridine rings is 1. The first kappa shape index (κ1) is 21.8. The zero-order valence-corrected chi connectivity index (χ0v) is 18.4. The van der Waals surface area contributed by atoms with Crippen LogP contribution in [0.4, 0.5) is 0 Å². The van der Waals surface area contributed by atoms with Gasteiger partial charge in [0.15, 0.2) is 0 Å². The van der Waals surface area contributed by atoms with Crippen LogP contribution in [0.15, 0.2) is 54.9 Å². The molecule has 7 heteroatoms. The minimum absolute atomic E-state index is 0.122. The summed E-state index contributed by atoms with van der Waals surface area (Å²) in [5.74, 6) is 3.81. The number of hydrogen-bond donors (Lipinski definition) is 1. The van der Waals surface area contributed by atoms with E-state index < -0.39 is 0 Å². The van der Waals surface area contributed by atoms with Crippen LogP contribution < -0.4 is 0 Å². The molecule has 0 saturated carbocycles. The number of thioether (sulfide) groups is 1. The first-order valence-electron chi connectivity index (χ1n) is 10.9. The number of benzene rings is 1. The Bertz CT molecular complexity index is 861. The lowest BCUT2D eigenvalue weighted by atomic mass is 9.89. The van der Waals surface area contributed by atoms with E-state index in [4.69, 9.17) is 9.90 Å². The summed E-state index contributed by atoms with van der Waals surface area (Å²) in [6, 6.07) is 15.3. The number of amides is 1. The molecule has 0 bridgehead atoms. The monoisotopic (exact) mass is 439 g/mol. The van der Waals surface area contributed by atoms with Gasteiger partial charge in [-0.15, -0.1) is 0 Å². The highest BCUT2D eigenvalue weighted by Gasteiger charge is 2.50. The van der Waals surface area contributed by atoms with Gasteiger partial charge in [-0.25, -0.2) is 0 Å². The number of aromatic nitrogens is 1. The van der Waals surface area contributed by atoms with Crippen molar-refractivity contribution in [2.45, 2.75) is 24.9 Å². The van der Waals surface area contributed by atoms with E-state index in [2.05, 4.69) is 56.9 Å². The molecule has 1 amide bonds. The number of hydrogen-bond acceptors (Lipinski definition) is 5. The summed E-state index contributed by atoms with van der Waals surface area (Å²) in [6.07, 6.45) is 6.06. The second-order valence-corrected chi connectivity index (χ2v) is 9.61. The van der Waals surface area contributed by atoms with Crippen molar-refractivity contribution in [1.29, 1.82) is 0 Å². The van der Waals surface area contributed by atoms with Gasteiger partial charge in [-0.1, -0.05) is 30.3 Å². The molecule has 3 aliphatic rings. The predicted molar refractivity (Wildman–Crippen MR) is 122 cm³/mol. The van der Waals surface area contributed by atoms with Gasteiger partial charge >= 0.3 is 0 Å². The highest BCUT2D eigenvalue weighted by Crippen LogP contribution is 2.46. The molecule has 164 valence electrons. The Morgan fingerprint density at radius 2 is 1.81 bits per heavy atom. The molecule has 0 unspecified atom stereocenters. The smallest absolute Gasteiger partial charge is 0.290 e. The molecule has 31 heavy (non-hydrogen) atoms. The number of carbonyl (C=O) groups excluding carboxylic acids is 1. The Balaban J connectivity index is 0.000000730. The summed E-state index contributed by atoms with van der Waals surface area (Å²) < 4.78 is 0. The van der Waals surface area contributed by atoms with Crippen molar-refractivity contribution >= 4 is 24.1 Å². The van der Waals surface area contributed by atoms with Crippen molar-refractivity contribution in [2.75, 3.05) is 31.1 Å². The molecule has 3 fully saturated rings. The summed E-state index contributed by atoms with van der Waals surface area (Å²) >= 11 is 2.09. The molecule has 0 spiro atoms. The number of nitrogens with zero attached hydrogens (tertiary/aromatic N) is 3. The van der Waals surface area contributed by atoms with E-state index in [9.17, 15) is 4.79 Å². The molecule has 0 aliphatic carbocycles. The molecule has 3 aliphatic heterocycles. The van der Waals surface area contributed by atoms with Crippen LogP contribution in [0.2, 0.25) is 0 Å². The van der Waals surface area contributed by atoms with Crippen molar-refractivity contribution in [3.05, 3.63) is 66.0 Å². The summed E-state index contributed by atoms with van der Waals surface area (Å²) in [6.45, 7) is 2.87. The maximum atomic E-state index is 13.3. The van der Waals surface area contributed by atoms with Crippen molar-refractivity contribution in [3.63, 3.8) is 0 Å². The normalized spacial score (nSPS) is 26.1. The molecular formula is C24H29N3O3S. The van der Waals surface area contributed by atoms with Crippen molar-refractivity contribution < 1.29 is 14.7 Å². The summed E-state index contributed by atoms with van der Waals surface area (Å²) in [7, 11) is 0. The van der Waals surface area contributed by atoms with E-state index >= 15 is 0 Å². The highest BCUT2D eigenvalue weighted by atomic mass is 32.2. The zero-order chi connectivity index (χ0) is 21.6. The van der Waals surface area contributed by atoms with Crippen LogP contribution in [0, 0.1) is 11.8 Å². The number of rotatable bonds is 3. The summed E-state index contributed by atoms with van der Waals surface area (Å²) in [5.41, 5.74) is 1.97. The van der Waals surface area contributed by atoms with Crippen LogP contribution >= 0.6 is 11.8 Å². The van der Waals surface area contributed by atoms with Crippen molar-refractivity contribution in [1.82, 2.24) is 14.8 Å². The van der Waals surface area contributed by atoms with Gasteiger partial charge in [0.05, 0.1) is 11.6 Å². The minimum Gasteiger partial charge on any atom is -0.483 e. The fourth-order valence-corrected chi connectivity index (χ4v) is 6.45. The Kier molecular flexibility index (Phi) is 7.25. The zero-order valence-electron chi connectivity index (χ0n) is 17.5. The number of fused-ring (bicyclic) bond motifs is 1. The Morgan fingerprint density at radius 1 is 1.06 bits per heavy atom. The first-order valence-corrected chi connectivity index (χ1v) is 12.0. The van der Waals surface area contributed by atoms with Gasteiger partial charge in [0.1, 0.15) is 0 Å². The SMILES string of the molecule is O=C(c1cccnc1)N1C[C@@H]2CN(C3CCSCC3)C[C@@H]2[C@H]1c1ccccc1.O=CO. The van der Waals surface area contributed by atoms with E-state index in [0.717, 1.165) is 25.7 Å². The van der Waals surface area contributed by atoms with Gasteiger partial charge in [-0.2, -0.15) is 11.8 Å². The van der Waals surface area contributed by atoms with Crippen LogP contribution in [0.3, 0.4) is 0 Å². The molecule has 2 aromatic rings. The van der Waals surface area contributed by atoms with Crippen LogP contribution in [-0.2, 0) is 4.79 Å². The van der Waals surface area contributed by atoms with Crippen LogP contribution in [0.5, 0.6) is 0 Å². The van der Waals surface area contributed by atoms with Crippen LogP contribution in [0.1, 0.15) is 34.8 Å². The second kappa shape index (κ2) is 10.3. The van der Waals surface area contributed by atoms with E-state index in [0.29, 0.717) is 17.4 Å². The second-order valence-electron chi connectivity index (χ2n) is 8.38. The lowest BCUT2D eigenvalue weighted by Crippen LogP contribution is -2.40. The predicted octanol–water partition coefficient (Wildman–Crippen LogP) is 3.42. The largest absolute Gasteiger partial charge is 0.483 e. The summed E-state index contributed by atoms with van der Waals surface area (Å²) in [4.78, 5) is 30.7. The van der Waals surface area contributed by atoms with Gasteiger partial charge in [0.25, 0.3) is 12.4 Å². The van der Waals surface area contributed by atoms with E-state index in [1.54, 1.807) is 12.4 Å². The minimum atomic E-state index is -0.250. The number of carbonyl (C=O) groups is 2. The highest BCUT2D eigenvalue weighted by molar-refractivity contribution is 7.99. The average molecular weight is 440 g/mol. The van der Waals surface area contributed by atoms with Gasteiger partial charge in [-0.3, -0.25) is 19.5 Å². The topological polar surface area (TPSA) is 73.7 Å². The Hall–Kier alpha value is -2.38. The molecule has 1 aromatic carbocycles. The molecule has 1 N–H and O–H groups in total. The van der Waals surface area contributed by atoms with Crippen molar-refractivity contribution in [3.8, 4) is 0 Å². The molecule has 4 heterocycles. The molecule has 0 radical (unpaired) electrons. The molecule has 6 nitrogen and oxygen atoms in total.